The number of hydrogen-bond acceptors (Lipinski definition) is 6. The molecule has 0 bridgehead atoms. The Morgan fingerprint density at radius 3 is 2.47 bits per heavy atom. The molecule has 1 spiro atoms. The highest BCUT2D eigenvalue weighted by Crippen LogP contribution is 2.38. The predicted octanol–water partition coefficient (Wildman–Crippen LogP) is 0.413. The molecule has 2 atom stereocenters. The monoisotopic (exact) mass is 274 g/mol. The van der Waals surface area contributed by atoms with E-state index < -0.39 is 0 Å². The van der Waals surface area contributed by atoms with Crippen LogP contribution in [0.5, 0.6) is 0 Å². The van der Waals surface area contributed by atoms with E-state index in [9.17, 15) is 0 Å². The Kier molecular flexibility index (Phi) is 5.56. The van der Waals surface area contributed by atoms with Crippen LogP contribution in [0, 0.1) is 5.92 Å². The van der Waals surface area contributed by atoms with Crippen LogP contribution >= 0.6 is 0 Å². The number of ether oxygens (including phenoxy) is 4. The summed E-state index contributed by atoms with van der Waals surface area (Å²) >= 11 is 0. The summed E-state index contributed by atoms with van der Waals surface area (Å²) < 4.78 is 22.2. The molecule has 2 aliphatic heterocycles. The van der Waals surface area contributed by atoms with Crippen molar-refractivity contribution in [2.75, 3.05) is 34.0 Å². The Balaban J connectivity index is 2.02. The van der Waals surface area contributed by atoms with Crippen LogP contribution < -0.4 is 11.3 Å². The van der Waals surface area contributed by atoms with Gasteiger partial charge in [-0.1, -0.05) is 0 Å². The SMILES string of the molecule is COC(OC)C(NN)C1CCOC2(CCOCC2)C1. The highest BCUT2D eigenvalue weighted by molar-refractivity contribution is 4.93. The van der Waals surface area contributed by atoms with Gasteiger partial charge in [0.15, 0.2) is 6.29 Å². The third-order valence-electron chi connectivity index (χ3n) is 4.39. The molecule has 2 aliphatic rings. The minimum absolute atomic E-state index is 0.0152. The van der Waals surface area contributed by atoms with Crippen LogP contribution in [0.15, 0.2) is 0 Å². The lowest BCUT2D eigenvalue weighted by Crippen LogP contribution is -2.55. The molecule has 2 fully saturated rings. The van der Waals surface area contributed by atoms with Crippen molar-refractivity contribution in [2.45, 2.75) is 43.6 Å². The van der Waals surface area contributed by atoms with E-state index in [2.05, 4.69) is 5.43 Å². The largest absolute Gasteiger partial charge is 0.381 e. The molecule has 2 heterocycles. The van der Waals surface area contributed by atoms with Gasteiger partial charge in [-0.2, -0.15) is 0 Å². The van der Waals surface area contributed by atoms with Gasteiger partial charge in [0.2, 0.25) is 0 Å². The zero-order valence-corrected chi connectivity index (χ0v) is 11.9. The summed E-state index contributed by atoms with van der Waals surface area (Å²) in [5, 5.41) is 0. The molecule has 6 heteroatoms. The van der Waals surface area contributed by atoms with Crippen LogP contribution in [0.25, 0.3) is 0 Å². The molecule has 0 aromatic heterocycles. The molecule has 112 valence electrons. The van der Waals surface area contributed by atoms with Gasteiger partial charge in [0.05, 0.1) is 11.6 Å². The van der Waals surface area contributed by atoms with Crippen molar-refractivity contribution >= 4 is 0 Å². The quantitative estimate of drug-likeness (QED) is 0.430. The van der Waals surface area contributed by atoms with E-state index in [0.717, 1.165) is 45.5 Å². The lowest BCUT2D eigenvalue weighted by atomic mass is 9.77. The van der Waals surface area contributed by atoms with Gasteiger partial charge in [0.25, 0.3) is 0 Å². The van der Waals surface area contributed by atoms with E-state index in [1.807, 2.05) is 0 Å². The molecule has 0 saturated carbocycles. The fourth-order valence-electron chi connectivity index (χ4n) is 3.29. The fourth-order valence-corrected chi connectivity index (χ4v) is 3.29. The van der Waals surface area contributed by atoms with Crippen molar-refractivity contribution < 1.29 is 18.9 Å². The Morgan fingerprint density at radius 2 is 1.89 bits per heavy atom. The van der Waals surface area contributed by atoms with Crippen LogP contribution in [-0.2, 0) is 18.9 Å². The van der Waals surface area contributed by atoms with Gasteiger partial charge in [-0.15, -0.1) is 0 Å². The third kappa shape index (κ3) is 3.45. The van der Waals surface area contributed by atoms with Crippen LogP contribution in [0.1, 0.15) is 25.7 Å². The summed E-state index contributed by atoms with van der Waals surface area (Å²) in [5.41, 5.74) is 2.82. The molecule has 19 heavy (non-hydrogen) atoms. The first-order chi connectivity index (χ1) is 9.24. The van der Waals surface area contributed by atoms with Crippen molar-refractivity contribution in [2.24, 2.45) is 11.8 Å². The van der Waals surface area contributed by atoms with Gasteiger partial charge >= 0.3 is 0 Å². The number of nitrogens with two attached hydrogens (primary N) is 1. The first kappa shape index (κ1) is 15.2. The molecule has 0 aliphatic carbocycles. The first-order valence-electron chi connectivity index (χ1n) is 6.98. The topological polar surface area (TPSA) is 75.0 Å². The molecule has 2 rings (SSSR count). The lowest BCUT2D eigenvalue weighted by Gasteiger charge is -2.45. The minimum atomic E-state index is -0.329. The Hall–Kier alpha value is -0.240. The number of hydrazine groups is 1. The average Bonchev–Trinajstić information content (AvgIpc) is 2.45. The second-order valence-corrected chi connectivity index (χ2v) is 5.43. The average molecular weight is 274 g/mol. The van der Waals surface area contributed by atoms with E-state index in [1.165, 1.54) is 0 Å². The van der Waals surface area contributed by atoms with Gasteiger partial charge in [0, 0.05) is 34.0 Å². The fraction of sp³-hybridized carbons (Fsp3) is 1.00. The van der Waals surface area contributed by atoms with Crippen LogP contribution in [0.3, 0.4) is 0 Å². The van der Waals surface area contributed by atoms with Crippen molar-refractivity contribution in [3.8, 4) is 0 Å². The molecule has 2 saturated heterocycles. The van der Waals surface area contributed by atoms with E-state index in [0.29, 0.717) is 5.92 Å². The van der Waals surface area contributed by atoms with Gasteiger partial charge in [-0.3, -0.25) is 11.3 Å². The van der Waals surface area contributed by atoms with E-state index in [4.69, 9.17) is 24.8 Å². The van der Waals surface area contributed by atoms with Gasteiger partial charge < -0.3 is 18.9 Å². The summed E-state index contributed by atoms with van der Waals surface area (Å²) in [6, 6.07) is -0.0152. The van der Waals surface area contributed by atoms with Crippen molar-refractivity contribution in [1.29, 1.82) is 0 Å². The molecule has 6 nitrogen and oxygen atoms in total. The normalized spacial score (nSPS) is 28.7. The van der Waals surface area contributed by atoms with E-state index in [-0.39, 0.29) is 17.9 Å². The summed E-state index contributed by atoms with van der Waals surface area (Å²) in [6.07, 6.45) is 3.55. The summed E-state index contributed by atoms with van der Waals surface area (Å²) in [7, 11) is 3.28. The molecule has 3 N–H and O–H groups in total. The summed E-state index contributed by atoms with van der Waals surface area (Å²) in [5.74, 6) is 6.09. The summed E-state index contributed by atoms with van der Waals surface area (Å²) in [4.78, 5) is 0. The van der Waals surface area contributed by atoms with Crippen molar-refractivity contribution in [3.05, 3.63) is 0 Å². The highest BCUT2D eigenvalue weighted by Gasteiger charge is 2.42. The second-order valence-electron chi connectivity index (χ2n) is 5.43. The lowest BCUT2D eigenvalue weighted by molar-refractivity contribution is -0.176. The molecule has 2 unspecified atom stereocenters. The van der Waals surface area contributed by atoms with Gasteiger partial charge in [-0.25, -0.2) is 0 Å². The van der Waals surface area contributed by atoms with E-state index in [1.54, 1.807) is 14.2 Å². The standard InChI is InChI=1S/C13H26N2O4/c1-16-12(17-2)11(15-14)10-3-6-19-13(9-10)4-7-18-8-5-13/h10-12,15H,3-9,14H2,1-2H3. The van der Waals surface area contributed by atoms with Crippen LogP contribution in [0.4, 0.5) is 0 Å². The molecule has 0 aromatic carbocycles. The highest BCUT2D eigenvalue weighted by atomic mass is 16.7. The predicted molar refractivity (Wildman–Crippen MR) is 70.4 cm³/mol. The Morgan fingerprint density at radius 1 is 1.21 bits per heavy atom. The second kappa shape index (κ2) is 6.97. The maximum Gasteiger partial charge on any atom is 0.173 e. The molecule has 0 aromatic rings. The van der Waals surface area contributed by atoms with Crippen LogP contribution in [0.2, 0.25) is 0 Å². The van der Waals surface area contributed by atoms with Crippen molar-refractivity contribution in [3.63, 3.8) is 0 Å². The third-order valence-corrected chi connectivity index (χ3v) is 4.39. The molecular weight excluding hydrogens is 248 g/mol. The first-order valence-corrected chi connectivity index (χ1v) is 6.98. The Bertz CT molecular complexity index is 262. The smallest absolute Gasteiger partial charge is 0.173 e. The van der Waals surface area contributed by atoms with Crippen LogP contribution in [-0.4, -0.2) is 52.0 Å². The number of rotatable bonds is 5. The van der Waals surface area contributed by atoms with Gasteiger partial charge in [-0.05, 0) is 31.6 Å². The van der Waals surface area contributed by atoms with Gasteiger partial charge in [0.1, 0.15) is 0 Å². The number of methoxy groups -OCH3 is 2. The minimum Gasteiger partial charge on any atom is -0.381 e. The Labute approximate surface area is 114 Å². The maximum absolute atomic E-state index is 6.05. The zero-order valence-electron chi connectivity index (χ0n) is 11.9. The molecule has 0 amide bonds. The van der Waals surface area contributed by atoms with Crippen molar-refractivity contribution in [1.82, 2.24) is 5.43 Å². The summed E-state index contributed by atoms with van der Waals surface area (Å²) in [6.45, 7) is 2.33. The maximum atomic E-state index is 6.05. The zero-order chi connectivity index (χ0) is 13.7. The number of nitrogens with one attached hydrogen (secondary N) is 1. The molecular formula is C13H26N2O4. The van der Waals surface area contributed by atoms with E-state index >= 15 is 0 Å². The number of hydrogen-bond donors (Lipinski definition) is 2. The molecule has 0 radical (unpaired) electrons.